The molecule has 6 heteroatoms. The largest absolute Gasteiger partial charge is 0.506 e. The molecule has 0 unspecified atom stereocenters. The molecule has 2 amide bonds. The molecule has 2 N–H and O–H groups in total. The van der Waals surface area contributed by atoms with Crippen molar-refractivity contribution in [2.75, 3.05) is 36.4 Å². The minimum absolute atomic E-state index is 0.181. The van der Waals surface area contributed by atoms with Crippen LogP contribution in [0.1, 0.15) is 0 Å². The average molecular weight is 315 g/mol. The summed E-state index contributed by atoms with van der Waals surface area (Å²) in [6.07, 6.45) is 0. The molecule has 0 saturated carbocycles. The van der Waals surface area contributed by atoms with Crippen molar-refractivity contribution in [3.05, 3.63) is 54.3 Å². The van der Waals surface area contributed by atoms with Crippen LogP contribution in [-0.4, -0.2) is 42.2 Å². The van der Waals surface area contributed by atoms with Gasteiger partial charge in [-0.15, -0.1) is 0 Å². The number of carbonyl (C=O) groups is 1. The Morgan fingerprint density at radius 1 is 1.00 bits per heavy atom. The number of piperazine rings is 1. The Labute approximate surface area is 133 Å². The highest BCUT2D eigenvalue weighted by Crippen LogP contribution is 2.27. The van der Waals surface area contributed by atoms with E-state index in [1.165, 1.54) is 12.1 Å². The number of aromatic hydroxyl groups is 1. The van der Waals surface area contributed by atoms with Crippen LogP contribution >= 0.6 is 0 Å². The number of rotatable bonds is 2. The number of nitrogens with zero attached hydrogens (tertiary/aromatic N) is 2. The van der Waals surface area contributed by atoms with Gasteiger partial charge in [0.1, 0.15) is 11.6 Å². The SMILES string of the molecule is O=C(Nc1ccccc1F)N1CCN(c2ccccc2O)CC1. The van der Waals surface area contributed by atoms with Crippen LogP contribution in [-0.2, 0) is 0 Å². The lowest BCUT2D eigenvalue weighted by Crippen LogP contribution is -2.50. The van der Waals surface area contributed by atoms with Gasteiger partial charge in [-0.2, -0.15) is 0 Å². The highest BCUT2D eigenvalue weighted by Gasteiger charge is 2.23. The van der Waals surface area contributed by atoms with Crippen molar-refractivity contribution in [3.63, 3.8) is 0 Å². The van der Waals surface area contributed by atoms with E-state index in [0.29, 0.717) is 26.2 Å². The zero-order valence-electron chi connectivity index (χ0n) is 12.6. The van der Waals surface area contributed by atoms with Crippen LogP contribution in [0.5, 0.6) is 5.75 Å². The summed E-state index contributed by atoms with van der Waals surface area (Å²) < 4.78 is 13.6. The van der Waals surface area contributed by atoms with Crippen LogP contribution in [0.25, 0.3) is 0 Å². The van der Waals surface area contributed by atoms with Crippen molar-refractivity contribution in [3.8, 4) is 5.75 Å². The molecule has 0 spiro atoms. The van der Waals surface area contributed by atoms with Gasteiger partial charge in [0.2, 0.25) is 0 Å². The van der Waals surface area contributed by atoms with E-state index in [2.05, 4.69) is 5.32 Å². The first kappa shape index (κ1) is 15.1. The number of halogens is 1. The summed E-state index contributed by atoms with van der Waals surface area (Å²) in [7, 11) is 0. The molecule has 0 aliphatic carbocycles. The Hall–Kier alpha value is -2.76. The Balaban J connectivity index is 1.60. The highest BCUT2D eigenvalue weighted by atomic mass is 19.1. The fourth-order valence-electron chi connectivity index (χ4n) is 2.64. The van der Waals surface area contributed by atoms with Crippen LogP contribution in [0.3, 0.4) is 0 Å². The number of phenols is 1. The molecule has 23 heavy (non-hydrogen) atoms. The number of carbonyl (C=O) groups excluding carboxylic acids is 1. The van der Waals surface area contributed by atoms with Crippen molar-refractivity contribution < 1.29 is 14.3 Å². The van der Waals surface area contributed by atoms with Gasteiger partial charge in [-0.3, -0.25) is 0 Å². The maximum absolute atomic E-state index is 13.6. The second-order valence-electron chi connectivity index (χ2n) is 5.37. The third kappa shape index (κ3) is 3.36. The molecule has 3 rings (SSSR count). The molecule has 2 aromatic carbocycles. The molecule has 5 nitrogen and oxygen atoms in total. The predicted octanol–water partition coefficient (Wildman–Crippen LogP) is 2.89. The molecule has 0 bridgehead atoms. The number of hydrogen-bond donors (Lipinski definition) is 2. The van der Waals surface area contributed by atoms with Gasteiger partial charge in [-0.25, -0.2) is 9.18 Å². The summed E-state index contributed by atoms with van der Waals surface area (Å²) in [4.78, 5) is 15.9. The van der Waals surface area contributed by atoms with Gasteiger partial charge < -0.3 is 20.2 Å². The average Bonchev–Trinajstić information content (AvgIpc) is 2.57. The molecular weight excluding hydrogens is 297 g/mol. The third-order valence-electron chi connectivity index (χ3n) is 3.90. The number of hydrogen-bond acceptors (Lipinski definition) is 3. The summed E-state index contributed by atoms with van der Waals surface area (Å²) in [5.41, 5.74) is 0.947. The van der Waals surface area contributed by atoms with Crippen molar-refractivity contribution in [1.82, 2.24) is 4.90 Å². The summed E-state index contributed by atoms with van der Waals surface area (Å²) in [5.74, 6) is -0.217. The molecule has 1 heterocycles. The zero-order chi connectivity index (χ0) is 16.2. The Morgan fingerprint density at radius 3 is 2.35 bits per heavy atom. The monoisotopic (exact) mass is 315 g/mol. The van der Waals surface area contributed by atoms with Gasteiger partial charge >= 0.3 is 6.03 Å². The van der Waals surface area contributed by atoms with E-state index in [4.69, 9.17) is 0 Å². The molecule has 120 valence electrons. The molecule has 1 aliphatic heterocycles. The van der Waals surface area contributed by atoms with E-state index in [-0.39, 0.29) is 17.5 Å². The lowest BCUT2D eigenvalue weighted by Gasteiger charge is -2.36. The Kier molecular flexibility index (Phi) is 4.32. The molecule has 0 radical (unpaired) electrons. The number of urea groups is 1. The van der Waals surface area contributed by atoms with Gasteiger partial charge in [0.25, 0.3) is 0 Å². The number of amides is 2. The number of phenolic OH excluding ortho intramolecular Hbond substituents is 1. The summed E-state index contributed by atoms with van der Waals surface area (Å²) in [5, 5.41) is 12.5. The van der Waals surface area contributed by atoms with Crippen LogP contribution in [0.2, 0.25) is 0 Å². The second kappa shape index (κ2) is 6.56. The first-order chi connectivity index (χ1) is 11.1. The van der Waals surface area contributed by atoms with Crippen LogP contribution in [0, 0.1) is 5.82 Å². The van der Waals surface area contributed by atoms with E-state index >= 15 is 0 Å². The van der Waals surface area contributed by atoms with Crippen LogP contribution in [0.15, 0.2) is 48.5 Å². The summed E-state index contributed by atoms with van der Waals surface area (Å²) in [6.45, 7) is 2.24. The quantitative estimate of drug-likeness (QED) is 0.896. The fraction of sp³-hybridized carbons (Fsp3) is 0.235. The molecule has 1 saturated heterocycles. The fourth-order valence-corrected chi connectivity index (χ4v) is 2.64. The summed E-state index contributed by atoms with van der Waals surface area (Å²) >= 11 is 0. The standard InChI is InChI=1S/C17H18FN3O2/c18-13-5-1-2-6-14(13)19-17(23)21-11-9-20(10-12-21)15-7-3-4-8-16(15)22/h1-8,22H,9-12H2,(H,19,23). The maximum Gasteiger partial charge on any atom is 0.322 e. The van der Waals surface area contributed by atoms with E-state index < -0.39 is 5.82 Å². The lowest BCUT2D eigenvalue weighted by molar-refractivity contribution is 0.208. The van der Waals surface area contributed by atoms with Gasteiger partial charge in [0.05, 0.1) is 11.4 Å². The lowest BCUT2D eigenvalue weighted by atomic mass is 10.2. The third-order valence-corrected chi connectivity index (χ3v) is 3.90. The maximum atomic E-state index is 13.6. The topological polar surface area (TPSA) is 55.8 Å². The highest BCUT2D eigenvalue weighted by molar-refractivity contribution is 5.89. The normalized spacial score (nSPS) is 14.7. The Morgan fingerprint density at radius 2 is 1.65 bits per heavy atom. The number of anilines is 2. The van der Waals surface area contributed by atoms with Gasteiger partial charge in [-0.1, -0.05) is 24.3 Å². The first-order valence-electron chi connectivity index (χ1n) is 7.48. The van der Waals surface area contributed by atoms with Crippen molar-refractivity contribution in [2.45, 2.75) is 0 Å². The summed E-state index contributed by atoms with van der Waals surface area (Å²) in [6, 6.07) is 12.9. The van der Waals surface area contributed by atoms with E-state index in [9.17, 15) is 14.3 Å². The number of benzene rings is 2. The molecular formula is C17H18FN3O2. The van der Waals surface area contributed by atoms with Gasteiger partial charge in [0, 0.05) is 26.2 Å². The molecule has 0 aromatic heterocycles. The van der Waals surface area contributed by atoms with Gasteiger partial charge in [-0.05, 0) is 24.3 Å². The van der Waals surface area contributed by atoms with Crippen molar-refractivity contribution >= 4 is 17.4 Å². The van der Waals surface area contributed by atoms with Crippen LogP contribution in [0.4, 0.5) is 20.6 Å². The van der Waals surface area contributed by atoms with Crippen molar-refractivity contribution in [2.24, 2.45) is 0 Å². The van der Waals surface area contributed by atoms with Gasteiger partial charge in [0.15, 0.2) is 0 Å². The molecule has 2 aromatic rings. The van der Waals surface area contributed by atoms with Crippen LogP contribution < -0.4 is 10.2 Å². The zero-order valence-corrected chi connectivity index (χ0v) is 12.6. The van der Waals surface area contributed by atoms with Crippen molar-refractivity contribution in [1.29, 1.82) is 0 Å². The second-order valence-corrected chi connectivity index (χ2v) is 5.37. The molecule has 1 aliphatic rings. The molecule has 0 atom stereocenters. The first-order valence-corrected chi connectivity index (χ1v) is 7.48. The predicted molar refractivity (Wildman–Crippen MR) is 87.3 cm³/mol. The van der Waals surface area contributed by atoms with E-state index in [1.54, 1.807) is 29.2 Å². The smallest absolute Gasteiger partial charge is 0.322 e. The minimum atomic E-state index is -0.450. The molecule has 1 fully saturated rings. The Bertz CT molecular complexity index is 700. The number of para-hydroxylation sites is 3. The van der Waals surface area contributed by atoms with E-state index in [0.717, 1.165) is 5.69 Å². The number of nitrogens with one attached hydrogen (secondary N) is 1. The minimum Gasteiger partial charge on any atom is -0.506 e. The van der Waals surface area contributed by atoms with E-state index in [1.807, 2.05) is 17.0 Å².